The van der Waals surface area contributed by atoms with Crippen LogP contribution >= 0.6 is 0 Å². The number of alkyl halides is 1. The van der Waals surface area contributed by atoms with E-state index in [2.05, 4.69) is 0 Å². The summed E-state index contributed by atoms with van der Waals surface area (Å²) in [7, 11) is 0. The molecule has 0 bridgehead atoms. The number of likely N-dealkylation sites (tertiary alicyclic amines) is 1. The van der Waals surface area contributed by atoms with Crippen LogP contribution in [0.3, 0.4) is 0 Å². The summed E-state index contributed by atoms with van der Waals surface area (Å²) in [6, 6.07) is 0. The Kier molecular flexibility index (Phi) is 2.20. The molecule has 4 nitrogen and oxygen atoms in total. The highest BCUT2D eigenvalue weighted by Crippen LogP contribution is 2.47. The third-order valence-corrected chi connectivity index (χ3v) is 3.42. The second-order valence-electron chi connectivity index (χ2n) is 4.51. The zero-order chi connectivity index (χ0) is 11.2. The van der Waals surface area contributed by atoms with Gasteiger partial charge < -0.3 is 10.0 Å². The summed E-state index contributed by atoms with van der Waals surface area (Å²) in [6.45, 7) is 1.30. The van der Waals surface area contributed by atoms with E-state index < -0.39 is 17.6 Å². The molecule has 5 heteroatoms. The summed E-state index contributed by atoms with van der Waals surface area (Å²) >= 11 is 0. The number of hydrogen-bond acceptors (Lipinski definition) is 2. The molecule has 2 rings (SSSR count). The van der Waals surface area contributed by atoms with Crippen molar-refractivity contribution >= 4 is 11.9 Å². The topological polar surface area (TPSA) is 57.6 Å². The molecule has 2 atom stereocenters. The second kappa shape index (κ2) is 3.18. The maximum absolute atomic E-state index is 14.2. The van der Waals surface area contributed by atoms with Crippen LogP contribution < -0.4 is 0 Å². The number of nitrogens with zero attached hydrogens (tertiary/aromatic N) is 1. The molecule has 0 radical (unpaired) electrons. The van der Waals surface area contributed by atoms with Gasteiger partial charge in [0.1, 0.15) is 0 Å². The van der Waals surface area contributed by atoms with E-state index in [1.807, 2.05) is 0 Å². The summed E-state index contributed by atoms with van der Waals surface area (Å²) in [5, 5.41) is 8.91. The van der Waals surface area contributed by atoms with Gasteiger partial charge in [-0.1, -0.05) is 0 Å². The van der Waals surface area contributed by atoms with Crippen LogP contribution in [-0.2, 0) is 9.59 Å². The molecule has 0 aromatic rings. The van der Waals surface area contributed by atoms with E-state index in [0.29, 0.717) is 0 Å². The minimum Gasteiger partial charge on any atom is -0.479 e. The van der Waals surface area contributed by atoms with Crippen molar-refractivity contribution in [3.63, 3.8) is 0 Å². The summed E-state index contributed by atoms with van der Waals surface area (Å²) in [5.41, 5.74) is -2.23. The summed E-state index contributed by atoms with van der Waals surface area (Å²) in [4.78, 5) is 23.3. The first kappa shape index (κ1) is 10.4. The van der Waals surface area contributed by atoms with Gasteiger partial charge in [-0.25, -0.2) is 9.18 Å². The number of hydrogen-bond donors (Lipinski definition) is 1. The molecule has 0 aromatic carbocycles. The molecule has 2 unspecified atom stereocenters. The van der Waals surface area contributed by atoms with Crippen LogP contribution in [0.1, 0.15) is 19.8 Å². The number of carbonyl (C=O) groups excluding carboxylic acids is 1. The molecule has 1 aliphatic heterocycles. The van der Waals surface area contributed by atoms with E-state index in [1.165, 1.54) is 11.8 Å². The van der Waals surface area contributed by atoms with Gasteiger partial charge in [0.25, 0.3) is 0 Å². The number of carboxylic acid groups (broad SMARTS) is 1. The average Bonchev–Trinajstić information content (AvgIpc) is 2.90. The Hall–Kier alpha value is -1.13. The molecule has 2 aliphatic rings. The lowest BCUT2D eigenvalue weighted by molar-refractivity contribution is -0.153. The fourth-order valence-electron chi connectivity index (χ4n) is 2.33. The third kappa shape index (κ3) is 1.60. The van der Waals surface area contributed by atoms with E-state index in [1.54, 1.807) is 0 Å². The summed E-state index contributed by atoms with van der Waals surface area (Å²) in [6.07, 6.45) is 1.77. The monoisotopic (exact) mass is 215 g/mol. The Labute approximate surface area is 87.1 Å². The van der Waals surface area contributed by atoms with Crippen molar-refractivity contribution in [2.45, 2.75) is 25.4 Å². The van der Waals surface area contributed by atoms with Crippen molar-refractivity contribution in [1.29, 1.82) is 0 Å². The predicted octanol–water partition coefficient (Wildman–Crippen LogP) is 0.668. The lowest BCUT2D eigenvalue weighted by Gasteiger charge is -2.20. The molecule has 1 heterocycles. The molecule has 1 saturated heterocycles. The first-order valence-corrected chi connectivity index (χ1v) is 5.13. The van der Waals surface area contributed by atoms with Gasteiger partial charge in [-0.05, 0) is 18.8 Å². The summed E-state index contributed by atoms with van der Waals surface area (Å²) < 4.78 is 14.2. The molecule has 15 heavy (non-hydrogen) atoms. The normalized spacial score (nSPS) is 35.6. The van der Waals surface area contributed by atoms with E-state index in [-0.39, 0.29) is 24.9 Å². The molecule has 0 spiro atoms. The van der Waals surface area contributed by atoms with Gasteiger partial charge in [-0.15, -0.1) is 0 Å². The quantitative estimate of drug-likeness (QED) is 0.736. The number of rotatable bonds is 2. The van der Waals surface area contributed by atoms with Crippen LogP contribution in [0, 0.1) is 11.8 Å². The van der Waals surface area contributed by atoms with Crippen LogP contribution in [0.25, 0.3) is 0 Å². The Bertz CT molecular complexity index is 316. The number of aliphatic carboxylic acids is 1. The molecule has 2 fully saturated rings. The fourth-order valence-corrected chi connectivity index (χ4v) is 2.33. The minimum atomic E-state index is -2.23. The number of carbonyl (C=O) groups is 2. The predicted molar refractivity (Wildman–Crippen MR) is 49.9 cm³/mol. The van der Waals surface area contributed by atoms with Crippen LogP contribution in [0.5, 0.6) is 0 Å². The fraction of sp³-hybridized carbons (Fsp3) is 0.800. The van der Waals surface area contributed by atoms with Gasteiger partial charge in [0.15, 0.2) is 0 Å². The number of amides is 1. The van der Waals surface area contributed by atoms with Crippen molar-refractivity contribution in [2.24, 2.45) is 11.8 Å². The minimum absolute atomic E-state index is 0.149. The summed E-state index contributed by atoms with van der Waals surface area (Å²) in [5.74, 6) is -2.04. The number of halogens is 1. The van der Waals surface area contributed by atoms with E-state index in [4.69, 9.17) is 5.11 Å². The lowest BCUT2D eigenvalue weighted by Crippen LogP contribution is -2.43. The molecule has 0 aromatic heterocycles. The number of carboxylic acids is 1. The Morgan fingerprint density at radius 3 is 2.47 bits per heavy atom. The van der Waals surface area contributed by atoms with Gasteiger partial charge in [-0.2, -0.15) is 0 Å². The zero-order valence-electron chi connectivity index (χ0n) is 8.57. The van der Waals surface area contributed by atoms with Crippen LogP contribution in [0.4, 0.5) is 4.39 Å². The van der Waals surface area contributed by atoms with E-state index in [0.717, 1.165) is 12.8 Å². The second-order valence-corrected chi connectivity index (χ2v) is 4.51. The molecule has 1 saturated carbocycles. The van der Waals surface area contributed by atoms with Gasteiger partial charge >= 0.3 is 5.97 Å². The van der Waals surface area contributed by atoms with Crippen LogP contribution in [0.2, 0.25) is 0 Å². The Morgan fingerprint density at radius 1 is 1.47 bits per heavy atom. The van der Waals surface area contributed by atoms with Gasteiger partial charge in [0.2, 0.25) is 11.6 Å². The highest BCUT2D eigenvalue weighted by molar-refractivity contribution is 5.82. The largest absolute Gasteiger partial charge is 0.479 e. The standard InChI is InChI=1S/C10H14FNO3/c1-6(13)12-4-8(7-2-3-7)10(11,5-12)9(14)15/h7-8H,2-5H2,1H3,(H,14,15). The zero-order valence-corrected chi connectivity index (χ0v) is 8.57. The van der Waals surface area contributed by atoms with Crippen molar-refractivity contribution in [3.8, 4) is 0 Å². The lowest BCUT2D eigenvalue weighted by atomic mass is 9.89. The van der Waals surface area contributed by atoms with Gasteiger partial charge in [-0.3, -0.25) is 4.79 Å². The average molecular weight is 215 g/mol. The highest BCUT2D eigenvalue weighted by atomic mass is 19.1. The van der Waals surface area contributed by atoms with Crippen LogP contribution in [-0.4, -0.2) is 40.6 Å². The maximum atomic E-state index is 14.2. The van der Waals surface area contributed by atoms with Crippen molar-refractivity contribution < 1.29 is 19.1 Å². The molecule has 1 amide bonds. The Balaban J connectivity index is 2.20. The first-order valence-electron chi connectivity index (χ1n) is 5.13. The molecule has 84 valence electrons. The smallest absolute Gasteiger partial charge is 0.343 e. The molecule has 1 aliphatic carbocycles. The van der Waals surface area contributed by atoms with Crippen molar-refractivity contribution in [3.05, 3.63) is 0 Å². The SMILES string of the molecule is CC(=O)N1CC(C2CC2)C(F)(C(=O)O)C1. The van der Waals surface area contributed by atoms with E-state index >= 15 is 0 Å². The van der Waals surface area contributed by atoms with E-state index in [9.17, 15) is 14.0 Å². The molecular formula is C10H14FNO3. The third-order valence-electron chi connectivity index (χ3n) is 3.42. The van der Waals surface area contributed by atoms with Gasteiger partial charge in [0.05, 0.1) is 6.54 Å². The van der Waals surface area contributed by atoms with Crippen molar-refractivity contribution in [1.82, 2.24) is 4.90 Å². The maximum Gasteiger partial charge on any atom is 0.343 e. The molecular weight excluding hydrogens is 201 g/mol. The van der Waals surface area contributed by atoms with Crippen LogP contribution in [0.15, 0.2) is 0 Å². The van der Waals surface area contributed by atoms with Gasteiger partial charge in [0, 0.05) is 19.4 Å². The Morgan fingerprint density at radius 2 is 2.07 bits per heavy atom. The van der Waals surface area contributed by atoms with Crippen molar-refractivity contribution in [2.75, 3.05) is 13.1 Å². The molecule has 1 N–H and O–H groups in total. The highest BCUT2D eigenvalue weighted by Gasteiger charge is 2.58. The first-order chi connectivity index (χ1) is 6.95.